The predicted octanol–water partition coefficient (Wildman–Crippen LogP) is 4.44. The highest BCUT2D eigenvalue weighted by Gasteiger charge is 2.11. The number of carbonyl (C=O) groups excluding carboxylic acids is 1. The molecule has 4 heteroatoms. The smallest absolute Gasteiger partial charge is 0.190 e. The topological polar surface area (TPSA) is 26.3 Å². The molecule has 0 spiro atoms. The fourth-order valence-electron chi connectivity index (χ4n) is 1.79. The molecule has 0 N–H and O–H groups in total. The van der Waals surface area contributed by atoms with Crippen LogP contribution >= 0.6 is 23.2 Å². The Hall–Kier alpha value is -1.35. The van der Waals surface area contributed by atoms with Crippen LogP contribution in [0.4, 0.5) is 0 Å². The summed E-state index contributed by atoms with van der Waals surface area (Å²) in [6, 6.07) is 14.8. The van der Waals surface area contributed by atoms with E-state index in [4.69, 9.17) is 27.9 Å². The maximum absolute atomic E-state index is 12.0. The third-order valence-electron chi connectivity index (χ3n) is 2.84. The van der Waals surface area contributed by atoms with E-state index in [0.717, 1.165) is 6.42 Å². The van der Waals surface area contributed by atoms with Crippen LogP contribution in [0.25, 0.3) is 0 Å². The molecule has 0 amide bonds. The first-order valence-corrected chi connectivity index (χ1v) is 7.02. The molecule has 0 unspecified atom stereocenters. The van der Waals surface area contributed by atoms with E-state index in [1.807, 2.05) is 30.3 Å². The van der Waals surface area contributed by atoms with Crippen LogP contribution in [0.5, 0.6) is 0 Å². The third-order valence-corrected chi connectivity index (χ3v) is 3.40. The van der Waals surface area contributed by atoms with Gasteiger partial charge in [0.15, 0.2) is 5.78 Å². The van der Waals surface area contributed by atoms with Gasteiger partial charge in [0.2, 0.25) is 0 Å². The molecule has 0 bridgehead atoms. The Bertz CT molecular complexity index is 582. The average molecular weight is 309 g/mol. The first-order valence-electron chi connectivity index (χ1n) is 6.27. The van der Waals surface area contributed by atoms with Crippen LogP contribution in [0.3, 0.4) is 0 Å². The molecule has 0 aliphatic carbocycles. The number of hydrogen-bond acceptors (Lipinski definition) is 2. The number of ether oxygens (including phenoxy) is 1. The minimum atomic E-state index is -0.162. The second-order valence-corrected chi connectivity index (χ2v) is 5.18. The number of hydrogen-bond donors (Lipinski definition) is 0. The summed E-state index contributed by atoms with van der Waals surface area (Å²) < 4.78 is 5.40. The average Bonchev–Trinajstić information content (AvgIpc) is 2.47. The van der Waals surface area contributed by atoms with Gasteiger partial charge in [0.25, 0.3) is 0 Å². The lowest BCUT2D eigenvalue weighted by atomic mass is 10.1. The summed E-state index contributed by atoms with van der Waals surface area (Å²) in [5.74, 6) is -0.162. The minimum Gasteiger partial charge on any atom is -0.373 e. The van der Waals surface area contributed by atoms with Gasteiger partial charge in [0.05, 0.1) is 11.6 Å². The predicted molar refractivity (Wildman–Crippen MR) is 81.8 cm³/mol. The zero-order chi connectivity index (χ0) is 14.4. The molecular weight excluding hydrogens is 295 g/mol. The van der Waals surface area contributed by atoms with E-state index in [0.29, 0.717) is 22.2 Å². The third kappa shape index (κ3) is 4.34. The van der Waals surface area contributed by atoms with Gasteiger partial charge in [-0.15, -0.1) is 0 Å². The summed E-state index contributed by atoms with van der Waals surface area (Å²) in [5.41, 5.74) is 1.58. The molecule has 0 aromatic heterocycles. The molecule has 20 heavy (non-hydrogen) atoms. The van der Waals surface area contributed by atoms with Gasteiger partial charge in [0, 0.05) is 10.6 Å². The molecule has 104 valence electrons. The highest BCUT2D eigenvalue weighted by Crippen LogP contribution is 2.21. The van der Waals surface area contributed by atoms with Crippen molar-refractivity contribution in [2.75, 3.05) is 13.2 Å². The summed E-state index contributed by atoms with van der Waals surface area (Å²) in [7, 11) is 0. The normalized spacial score (nSPS) is 10.5. The lowest BCUT2D eigenvalue weighted by Gasteiger charge is -2.06. The van der Waals surface area contributed by atoms with Crippen molar-refractivity contribution in [3.63, 3.8) is 0 Å². The van der Waals surface area contributed by atoms with Gasteiger partial charge in [-0.1, -0.05) is 53.5 Å². The highest BCUT2D eigenvalue weighted by atomic mass is 35.5. The van der Waals surface area contributed by atoms with Crippen molar-refractivity contribution >= 4 is 29.0 Å². The molecule has 0 heterocycles. The van der Waals surface area contributed by atoms with Gasteiger partial charge < -0.3 is 4.74 Å². The van der Waals surface area contributed by atoms with Crippen LogP contribution < -0.4 is 0 Å². The van der Waals surface area contributed by atoms with Crippen LogP contribution in [0.1, 0.15) is 15.9 Å². The maximum Gasteiger partial charge on any atom is 0.190 e. The summed E-state index contributed by atoms with van der Waals surface area (Å²) >= 11 is 11.8. The van der Waals surface area contributed by atoms with E-state index in [1.165, 1.54) is 5.56 Å². The second kappa shape index (κ2) is 7.44. The van der Waals surface area contributed by atoms with E-state index < -0.39 is 0 Å². The largest absolute Gasteiger partial charge is 0.373 e. The molecule has 2 nitrogen and oxygen atoms in total. The summed E-state index contributed by atoms with van der Waals surface area (Å²) in [6.07, 6.45) is 0.775. The first kappa shape index (κ1) is 15.0. The Morgan fingerprint density at radius 2 is 1.80 bits per heavy atom. The molecule has 0 radical (unpaired) electrons. The number of ketones is 1. The van der Waals surface area contributed by atoms with Gasteiger partial charge in [0.1, 0.15) is 6.61 Å². The highest BCUT2D eigenvalue weighted by molar-refractivity contribution is 6.35. The zero-order valence-electron chi connectivity index (χ0n) is 10.8. The van der Waals surface area contributed by atoms with Crippen LogP contribution in [-0.4, -0.2) is 19.0 Å². The Labute approximate surface area is 128 Å². The van der Waals surface area contributed by atoms with Crippen LogP contribution in [-0.2, 0) is 11.2 Å². The fraction of sp³-hybridized carbons (Fsp3) is 0.188. The van der Waals surface area contributed by atoms with Crippen molar-refractivity contribution < 1.29 is 9.53 Å². The number of halogens is 2. The first-order chi connectivity index (χ1) is 9.66. The van der Waals surface area contributed by atoms with E-state index in [2.05, 4.69) is 0 Å². The van der Waals surface area contributed by atoms with E-state index in [9.17, 15) is 4.79 Å². The van der Waals surface area contributed by atoms with Crippen LogP contribution in [0.15, 0.2) is 48.5 Å². The molecule has 0 atom stereocenters. The summed E-state index contributed by atoms with van der Waals surface area (Å²) in [4.78, 5) is 12.0. The molecule has 0 saturated heterocycles. The second-order valence-electron chi connectivity index (χ2n) is 4.34. The Morgan fingerprint density at radius 1 is 1.05 bits per heavy atom. The van der Waals surface area contributed by atoms with Gasteiger partial charge in [-0.25, -0.2) is 0 Å². The molecular formula is C16H14Cl2O2. The van der Waals surface area contributed by atoms with E-state index >= 15 is 0 Å². The molecule has 2 aromatic carbocycles. The zero-order valence-corrected chi connectivity index (χ0v) is 12.3. The number of Topliss-reactive ketones (excluding diaryl/α,β-unsaturated/α-hetero) is 1. The van der Waals surface area contributed by atoms with Gasteiger partial charge in [-0.3, -0.25) is 4.79 Å². The Balaban J connectivity index is 1.82. The van der Waals surface area contributed by atoms with Gasteiger partial charge >= 0.3 is 0 Å². The SMILES string of the molecule is O=C(COCCc1ccccc1)c1cc(Cl)ccc1Cl. The number of carbonyl (C=O) groups is 1. The van der Waals surface area contributed by atoms with Gasteiger partial charge in [-0.05, 0) is 30.2 Å². The molecule has 2 rings (SSSR count). The quantitative estimate of drug-likeness (QED) is 0.582. The standard InChI is InChI=1S/C16H14Cl2O2/c17-13-6-7-15(18)14(10-13)16(19)11-20-9-8-12-4-2-1-3-5-12/h1-7,10H,8-9,11H2. The monoisotopic (exact) mass is 308 g/mol. The molecule has 2 aromatic rings. The van der Waals surface area contributed by atoms with Crippen molar-refractivity contribution in [1.82, 2.24) is 0 Å². The van der Waals surface area contributed by atoms with Crippen molar-refractivity contribution in [3.8, 4) is 0 Å². The molecule has 0 aliphatic rings. The van der Waals surface area contributed by atoms with Crippen molar-refractivity contribution in [3.05, 3.63) is 69.7 Å². The van der Waals surface area contributed by atoms with Crippen LogP contribution in [0, 0.1) is 0 Å². The number of benzene rings is 2. The fourth-order valence-corrected chi connectivity index (χ4v) is 2.18. The van der Waals surface area contributed by atoms with Crippen molar-refractivity contribution in [1.29, 1.82) is 0 Å². The lowest BCUT2D eigenvalue weighted by molar-refractivity contribution is 0.0765. The van der Waals surface area contributed by atoms with E-state index in [1.54, 1.807) is 18.2 Å². The Morgan fingerprint density at radius 3 is 2.55 bits per heavy atom. The van der Waals surface area contributed by atoms with Gasteiger partial charge in [-0.2, -0.15) is 0 Å². The summed E-state index contributed by atoms with van der Waals surface area (Å²) in [6.45, 7) is 0.501. The maximum atomic E-state index is 12.0. The Kier molecular flexibility index (Phi) is 5.60. The van der Waals surface area contributed by atoms with Crippen LogP contribution in [0.2, 0.25) is 10.0 Å². The van der Waals surface area contributed by atoms with E-state index in [-0.39, 0.29) is 12.4 Å². The molecule has 0 aliphatic heterocycles. The number of rotatable bonds is 6. The molecule has 0 saturated carbocycles. The lowest BCUT2D eigenvalue weighted by Crippen LogP contribution is -2.11. The summed E-state index contributed by atoms with van der Waals surface area (Å²) in [5, 5.41) is 0.882. The molecule has 0 fully saturated rings. The van der Waals surface area contributed by atoms with Crippen molar-refractivity contribution in [2.45, 2.75) is 6.42 Å². The minimum absolute atomic E-state index is 0.00684. The van der Waals surface area contributed by atoms with Crippen molar-refractivity contribution in [2.24, 2.45) is 0 Å².